The Labute approximate surface area is 88.4 Å². The van der Waals surface area contributed by atoms with Crippen molar-refractivity contribution in [3.8, 4) is 0 Å². The van der Waals surface area contributed by atoms with Gasteiger partial charge in [-0.05, 0) is 32.6 Å². The third-order valence-electron chi connectivity index (χ3n) is 3.49. The zero-order valence-electron chi connectivity index (χ0n) is 10.0. The molecule has 84 valence electrons. The molecule has 1 fully saturated rings. The molecule has 1 rings (SSSR count). The molecular formula is C12H25NO. The van der Waals surface area contributed by atoms with Gasteiger partial charge in [-0.2, -0.15) is 0 Å². The summed E-state index contributed by atoms with van der Waals surface area (Å²) < 4.78 is 5.54. The summed E-state index contributed by atoms with van der Waals surface area (Å²) in [6, 6.07) is 1.35. The van der Waals surface area contributed by atoms with Gasteiger partial charge in [0.05, 0.1) is 6.10 Å². The number of hydrogen-bond donors (Lipinski definition) is 1. The lowest BCUT2D eigenvalue weighted by molar-refractivity contribution is -0.0133. The van der Waals surface area contributed by atoms with Gasteiger partial charge in [-0.15, -0.1) is 0 Å². The Morgan fingerprint density at radius 2 is 1.93 bits per heavy atom. The molecule has 0 aromatic rings. The SMILES string of the molecule is CCOC1CC(NC(C)C(C)CC)C1. The summed E-state index contributed by atoms with van der Waals surface area (Å²) in [5.41, 5.74) is 0. The standard InChI is InChI=1S/C12H25NO/c1-5-9(3)10(4)13-11-7-12(8-11)14-6-2/h9-13H,5-8H2,1-4H3. The Balaban J connectivity index is 2.10. The van der Waals surface area contributed by atoms with Gasteiger partial charge in [-0.1, -0.05) is 20.3 Å². The second kappa shape index (κ2) is 5.72. The fraction of sp³-hybridized carbons (Fsp3) is 1.00. The van der Waals surface area contributed by atoms with Gasteiger partial charge in [0, 0.05) is 18.7 Å². The fourth-order valence-electron chi connectivity index (χ4n) is 1.96. The van der Waals surface area contributed by atoms with Crippen LogP contribution < -0.4 is 5.32 Å². The molecule has 0 saturated heterocycles. The highest BCUT2D eigenvalue weighted by molar-refractivity contribution is 4.88. The van der Waals surface area contributed by atoms with E-state index in [9.17, 15) is 0 Å². The zero-order valence-corrected chi connectivity index (χ0v) is 10.0. The molecule has 2 atom stereocenters. The number of rotatable bonds is 6. The van der Waals surface area contributed by atoms with Gasteiger partial charge < -0.3 is 10.1 Å². The number of ether oxygens (including phenoxy) is 1. The van der Waals surface area contributed by atoms with Crippen LogP contribution >= 0.6 is 0 Å². The molecule has 0 aromatic carbocycles. The number of hydrogen-bond acceptors (Lipinski definition) is 2. The second-order valence-corrected chi connectivity index (χ2v) is 4.59. The van der Waals surface area contributed by atoms with Crippen LogP contribution in [0, 0.1) is 5.92 Å². The molecule has 2 unspecified atom stereocenters. The maximum atomic E-state index is 5.54. The minimum atomic E-state index is 0.529. The van der Waals surface area contributed by atoms with Gasteiger partial charge in [0.15, 0.2) is 0 Å². The molecule has 2 heteroatoms. The molecule has 2 nitrogen and oxygen atoms in total. The molecule has 0 bridgehead atoms. The minimum Gasteiger partial charge on any atom is -0.378 e. The van der Waals surface area contributed by atoms with Crippen molar-refractivity contribution in [2.24, 2.45) is 5.92 Å². The average molecular weight is 199 g/mol. The molecule has 0 heterocycles. The largest absolute Gasteiger partial charge is 0.378 e. The van der Waals surface area contributed by atoms with E-state index in [0.717, 1.165) is 12.5 Å². The Kier molecular flexibility index (Phi) is 4.90. The van der Waals surface area contributed by atoms with Crippen LogP contribution in [0.4, 0.5) is 0 Å². The van der Waals surface area contributed by atoms with Crippen molar-refractivity contribution in [3.63, 3.8) is 0 Å². The van der Waals surface area contributed by atoms with E-state index in [-0.39, 0.29) is 0 Å². The van der Waals surface area contributed by atoms with E-state index >= 15 is 0 Å². The van der Waals surface area contributed by atoms with E-state index in [0.29, 0.717) is 18.2 Å². The Hall–Kier alpha value is -0.0800. The first-order valence-electron chi connectivity index (χ1n) is 6.05. The van der Waals surface area contributed by atoms with Gasteiger partial charge >= 0.3 is 0 Å². The first-order chi connectivity index (χ1) is 6.67. The fourth-order valence-corrected chi connectivity index (χ4v) is 1.96. The zero-order chi connectivity index (χ0) is 10.6. The molecule has 0 aromatic heterocycles. The summed E-state index contributed by atoms with van der Waals surface area (Å²) in [6.07, 6.45) is 4.19. The molecule has 1 N–H and O–H groups in total. The van der Waals surface area contributed by atoms with E-state index in [1.807, 2.05) is 0 Å². The van der Waals surface area contributed by atoms with Crippen molar-refractivity contribution >= 4 is 0 Å². The van der Waals surface area contributed by atoms with Crippen LogP contribution in [0.25, 0.3) is 0 Å². The molecule has 1 aliphatic carbocycles. The average Bonchev–Trinajstić information content (AvgIpc) is 2.13. The predicted molar refractivity (Wildman–Crippen MR) is 60.5 cm³/mol. The van der Waals surface area contributed by atoms with Gasteiger partial charge in [0.1, 0.15) is 0 Å². The van der Waals surface area contributed by atoms with E-state index in [1.165, 1.54) is 19.3 Å². The first kappa shape index (κ1) is 12.0. The summed E-state index contributed by atoms with van der Waals surface area (Å²) >= 11 is 0. The van der Waals surface area contributed by atoms with E-state index < -0.39 is 0 Å². The predicted octanol–water partition coefficient (Wildman–Crippen LogP) is 2.58. The van der Waals surface area contributed by atoms with Crippen LogP contribution in [0.2, 0.25) is 0 Å². The van der Waals surface area contributed by atoms with Crippen LogP contribution in [0.15, 0.2) is 0 Å². The van der Waals surface area contributed by atoms with Gasteiger partial charge in [0.25, 0.3) is 0 Å². The first-order valence-corrected chi connectivity index (χ1v) is 6.05. The maximum Gasteiger partial charge on any atom is 0.0604 e. The van der Waals surface area contributed by atoms with Crippen LogP contribution in [0.3, 0.4) is 0 Å². The lowest BCUT2D eigenvalue weighted by Crippen LogP contribution is -2.50. The monoisotopic (exact) mass is 199 g/mol. The lowest BCUT2D eigenvalue weighted by Gasteiger charge is -2.38. The highest BCUT2D eigenvalue weighted by Gasteiger charge is 2.30. The molecule has 0 spiro atoms. The number of nitrogens with one attached hydrogen (secondary N) is 1. The summed E-state index contributed by atoms with van der Waals surface area (Å²) in [4.78, 5) is 0. The van der Waals surface area contributed by atoms with Crippen molar-refractivity contribution in [1.82, 2.24) is 5.32 Å². The summed E-state index contributed by atoms with van der Waals surface area (Å²) in [5, 5.41) is 3.68. The van der Waals surface area contributed by atoms with Crippen molar-refractivity contribution < 1.29 is 4.74 Å². The molecule has 1 aliphatic rings. The summed E-state index contributed by atoms with van der Waals surface area (Å²) in [5.74, 6) is 0.779. The normalized spacial score (nSPS) is 30.9. The molecule has 0 radical (unpaired) electrons. The summed E-state index contributed by atoms with van der Waals surface area (Å²) in [6.45, 7) is 9.80. The third kappa shape index (κ3) is 3.25. The summed E-state index contributed by atoms with van der Waals surface area (Å²) in [7, 11) is 0. The quantitative estimate of drug-likeness (QED) is 0.710. The minimum absolute atomic E-state index is 0.529. The van der Waals surface area contributed by atoms with Gasteiger partial charge in [-0.3, -0.25) is 0 Å². The van der Waals surface area contributed by atoms with Crippen LogP contribution in [0.5, 0.6) is 0 Å². The highest BCUT2D eigenvalue weighted by atomic mass is 16.5. The molecule has 0 amide bonds. The smallest absolute Gasteiger partial charge is 0.0604 e. The second-order valence-electron chi connectivity index (χ2n) is 4.59. The van der Waals surface area contributed by atoms with Gasteiger partial charge in [-0.25, -0.2) is 0 Å². The molecule has 14 heavy (non-hydrogen) atoms. The topological polar surface area (TPSA) is 21.3 Å². The van der Waals surface area contributed by atoms with Crippen molar-refractivity contribution in [1.29, 1.82) is 0 Å². The molecule has 1 saturated carbocycles. The highest BCUT2D eigenvalue weighted by Crippen LogP contribution is 2.24. The Morgan fingerprint density at radius 1 is 1.29 bits per heavy atom. The maximum absolute atomic E-state index is 5.54. The van der Waals surface area contributed by atoms with Gasteiger partial charge in [0.2, 0.25) is 0 Å². The van der Waals surface area contributed by atoms with E-state index in [2.05, 4.69) is 33.0 Å². The van der Waals surface area contributed by atoms with Crippen molar-refractivity contribution in [2.45, 2.75) is 65.1 Å². The van der Waals surface area contributed by atoms with Crippen LogP contribution in [-0.4, -0.2) is 24.8 Å². The third-order valence-corrected chi connectivity index (χ3v) is 3.49. The Morgan fingerprint density at radius 3 is 2.43 bits per heavy atom. The Bertz CT molecular complexity index is 154. The van der Waals surface area contributed by atoms with Crippen molar-refractivity contribution in [2.75, 3.05) is 6.61 Å². The van der Waals surface area contributed by atoms with Crippen LogP contribution in [-0.2, 0) is 4.74 Å². The molecule has 0 aliphatic heterocycles. The van der Waals surface area contributed by atoms with E-state index in [1.54, 1.807) is 0 Å². The molecular weight excluding hydrogens is 174 g/mol. The van der Waals surface area contributed by atoms with Crippen LogP contribution in [0.1, 0.15) is 47.0 Å². The lowest BCUT2D eigenvalue weighted by atomic mass is 9.87. The van der Waals surface area contributed by atoms with E-state index in [4.69, 9.17) is 4.74 Å². The van der Waals surface area contributed by atoms with Crippen molar-refractivity contribution in [3.05, 3.63) is 0 Å².